The maximum atomic E-state index is 12.6. The molecule has 1 aromatic carbocycles. The molecule has 0 fully saturated rings. The lowest BCUT2D eigenvalue weighted by atomic mass is 9.95. The van der Waals surface area contributed by atoms with Crippen LogP contribution in [0.5, 0.6) is 5.75 Å². The number of para-hydroxylation sites is 1. The molecule has 1 amide bonds. The second-order valence-corrected chi connectivity index (χ2v) is 8.51. The molecule has 1 aliphatic carbocycles. The highest BCUT2D eigenvalue weighted by atomic mass is 32.1. The van der Waals surface area contributed by atoms with Crippen molar-refractivity contribution in [2.24, 2.45) is 0 Å². The highest BCUT2D eigenvalue weighted by Crippen LogP contribution is 2.38. The number of hydrogen-bond donors (Lipinski definition) is 1. The molecule has 6 heteroatoms. The van der Waals surface area contributed by atoms with Crippen LogP contribution in [-0.4, -0.2) is 24.6 Å². The average molecular weight is 424 g/mol. The third-order valence-electron chi connectivity index (χ3n) is 5.33. The van der Waals surface area contributed by atoms with Gasteiger partial charge in [0, 0.05) is 16.5 Å². The van der Waals surface area contributed by atoms with Crippen molar-refractivity contribution >= 4 is 34.3 Å². The number of benzene rings is 1. The lowest BCUT2D eigenvalue weighted by Gasteiger charge is -2.22. The molecule has 0 radical (unpaired) electrons. The standard InChI is InChI=1S/C24H25NO4S/c1-3-28-24(27)22-18-9-5-7-11-20(18)30-23(22)25-21(26)13-12-16-14-17-8-4-6-10-19(17)29-15(16)2/h4,6,8,10,12-15H,3,5,7,9,11H2,1-2H3,(H,25,26). The van der Waals surface area contributed by atoms with Crippen LogP contribution in [0.15, 0.2) is 42.0 Å². The first-order valence-corrected chi connectivity index (χ1v) is 11.2. The van der Waals surface area contributed by atoms with Crippen LogP contribution in [0.3, 0.4) is 0 Å². The zero-order valence-electron chi connectivity index (χ0n) is 17.2. The van der Waals surface area contributed by atoms with E-state index in [0.29, 0.717) is 17.2 Å². The predicted molar refractivity (Wildman–Crippen MR) is 119 cm³/mol. The molecule has 0 saturated carbocycles. The molecule has 0 bridgehead atoms. The molecule has 5 nitrogen and oxygen atoms in total. The van der Waals surface area contributed by atoms with Crippen molar-refractivity contribution in [1.29, 1.82) is 0 Å². The molecule has 2 aromatic rings. The lowest BCUT2D eigenvalue weighted by molar-refractivity contribution is -0.111. The fraction of sp³-hybridized carbons (Fsp3) is 0.333. The Bertz CT molecular complexity index is 1030. The molecule has 0 spiro atoms. The van der Waals surface area contributed by atoms with Crippen LogP contribution in [0.4, 0.5) is 5.00 Å². The largest absolute Gasteiger partial charge is 0.485 e. The Morgan fingerprint density at radius 3 is 2.90 bits per heavy atom. The Morgan fingerprint density at radius 2 is 2.07 bits per heavy atom. The quantitative estimate of drug-likeness (QED) is 0.533. The molecule has 2 heterocycles. The molecule has 1 N–H and O–H groups in total. The molecule has 156 valence electrons. The van der Waals surface area contributed by atoms with E-state index in [1.54, 1.807) is 13.0 Å². The van der Waals surface area contributed by atoms with Crippen LogP contribution in [0.25, 0.3) is 6.08 Å². The number of nitrogens with one attached hydrogen (secondary N) is 1. The molecule has 30 heavy (non-hydrogen) atoms. The zero-order chi connectivity index (χ0) is 21.1. The first kappa shape index (κ1) is 20.4. The molecule has 1 aliphatic heterocycles. The van der Waals surface area contributed by atoms with Crippen molar-refractivity contribution in [2.75, 3.05) is 11.9 Å². The van der Waals surface area contributed by atoms with Gasteiger partial charge in [0.05, 0.1) is 12.2 Å². The van der Waals surface area contributed by atoms with Gasteiger partial charge in [0.15, 0.2) is 0 Å². The molecule has 1 aromatic heterocycles. The summed E-state index contributed by atoms with van der Waals surface area (Å²) < 4.78 is 11.2. The van der Waals surface area contributed by atoms with Gasteiger partial charge in [-0.1, -0.05) is 18.2 Å². The Balaban J connectivity index is 1.54. The SMILES string of the molecule is CCOC(=O)c1c(NC(=O)C=CC2=Cc3ccccc3OC2C)sc2c1CCCC2. The minimum atomic E-state index is -0.357. The molecule has 0 saturated heterocycles. The highest BCUT2D eigenvalue weighted by Gasteiger charge is 2.27. The van der Waals surface area contributed by atoms with E-state index in [0.717, 1.165) is 48.1 Å². The van der Waals surface area contributed by atoms with Crippen molar-refractivity contribution in [3.05, 3.63) is 63.6 Å². The van der Waals surface area contributed by atoms with Crippen molar-refractivity contribution in [3.63, 3.8) is 0 Å². The van der Waals surface area contributed by atoms with Crippen LogP contribution < -0.4 is 10.1 Å². The third-order valence-corrected chi connectivity index (χ3v) is 6.54. The summed E-state index contributed by atoms with van der Waals surface area (Å²) >= 11 is 1.49. The summed E-state index contributed by atoms with van der Waals surface area (Å²) in [6.07, 6.45) is 9.11. The average Bonchev–Trinajstić information content (AvgIpc) is 3.10. The van der Waals surface area contributed by atoms with E-state index in [1.165, 1.54) is 22.3 Å². The number of hydrogen-bond acceptors (Lipinski definition) is 5. The molecular formula is C24H25NO4S. The number of fused-ring (bicyclic) bond motifs is 2. The van der Waals surface area contributed by atoms with E-state index in [2.05, 4.69) is 5.32 Å². The number of esters is 1. The Morgan fingerprint density at radius 1 is 1.27 bits per heavy atom. The molecular weight excluding hydrogens is 398 g/mol. The summed E-state index contributed by atoms with van der Waals surface area (Å²) in [5, 5.41) is 3.49. The number of anilines is 1. The minimum absolute atomic E-state index is 0.145. The highest BCUT2D eigenvalue weighted by molar-refractivity contribution is 7.17. The van der Waals surface area contributed by atoms with E-state index in [4.69, 9.17) is 9.47 Å². The predicted octanol–water partition coefficient (Wildman–Crippen LogP) is 5.16. The van der Waals surface area contributed by atoms with E-state index < -0.39 is 0 Å². The molecule has 2 aliphatic rings. The van der Waals surface area contributed by atoms with Gasteiger partial charge in [-0.05, 0) is 68.9 Å². The van der Waals surface area contributed by atoms with E-state index in [1.807, 2.05) is 37.3 Å². The van der Waals surface area contributed by atoms with Gasteiger partial charge in [-0.15, -0.1) is 11.3 Å². The van der Waals surface area contributed by atoms with Gasteiger partial charge in [0.25, 0.3) is 0 Å². The van der Waals surface area contributed by atoms with E-state index in [-0.39, 0.29) is 18.0 Å². The molecule has 1 atom stereocenters. The van der Waals surface area contributed by atoms with Gasteiger partial charge in [-0.3, -0.25) is 4.79 Å². The molecule has 4 rings (SSSR count). The maximum Gasteiger partial charge on any atom is 0.341 e. The van der Waals surface area contributed by atoms with Crippen LogP contribution in [-0.2, 0) is 22.4 Å². The number of carbonyl (C=O) groups is 2. The van der Waals surface area contributed by atoms with Crippen LogP contribution >= 0.6 is 11.3 Å². The van der Waals surface area contributed by atoms with Gasteiger partial charge < -0.3 is 14.8 Å². The third kappa shape index (κ3) is 4.19. The monoisotopic (exact) mass is 423 g/mol. The number of amides is 1. The number of ether oxygens (including phenoxy) is 2. The van der Waals surface area contributed by atoms with E-state index in [9.17, 15) is 9.59 Å². The van der Waals surface area contributed by atoms with Crippen molar-refractivity contribution in [3.8, 4) is 5.75 Å². The summed E-state index contributed by atoms with van der Waals surface area (Å²) in [5.41, 5.74) is 3.48. The van der Waals surface area contributed by atoms with Crippen molar-refractivity contribution < 1.29 is 19.1 Å². The Labute approximate surface area is 180 Å². The van der Waals surface area contributed by atoms with Crippen molar-refractivity contribution in [2.45, 2.75) is 45.6 Å². The normalized spacial score (nSPS) is 17.5. The van der Waals surface area contributed by atoms with E-state index >= 15 is 0 Å². The van der Waals surface area contributed by atoms with Gasteiger partial charge in [-0.2, -0.15) is 0 Å². The number of carbonyl (C=O) groups excluding carboxylic acids is 2. The Kier molecular flexibility index (Phi) is 6.04. The minimum Gasteiger partial charge on any atom is -0.485 e. The summed E-state index contributed by atoms with van der Waals surface area (Å²) in [4.78, 5) is 26.4. The fourth-order valence-electron chi connectivity index (χ4n) is 3.84. The van der Waals surface area contributed by atoms with Gasteiger partial charge in [0.1, 0.15) is 16.9 Å². The fourth-order valence-corrected chi connectivity index (χ4v) is 5.13. The van der Waals surface area contributed by atoms with Gasteiger partial charge in [-0.25, -0.2) is 4.79 Å². The summed E-state index contributed by atoms with van der Waals surface area (Å²) in [5.74, 6) is 0.214. The van der Waals surface area contributed by atoms with Gasteiger partial charge in [0.2, 0.25) is 5.91 Å². The van der Waals surface area contributed by atoms with Crippen molar-refractivity contribution in [1.82, 2.24) is 0 Å². The first-order chi connectivity index (χ1) is 14.6. The van der Waals surface area contributed by atoms with Crippen LogP contribution in [0.2, 0.25) is 0 Å². The second-order valence-electron chi connectivity index (χ2n) is 7.40. The number of aryl methyl sites for hydroxylation is 1. The van der Waals surface area contributed by atoms with Gasteiger partial charge >= 0.3 is 5.97 Å². The Hall–Kier alpha value is -2.86. The zero-order valence-corrected chi connectivity index (χ0v) is 18.0. The molecule has 1 unspecified atom stereocenters. The first-order valence-electron chi connectivity index (χ1n) is 10.3. The maximum absolute atomic E-state index is 12.6. The van der Waals surface area contributed by atoms with Crippen LogP contribution in [0.1, 0.15) is 53.1 Å². The topological polar surface area (TPSA) is 64.6 Å². The second kappa shape index (κ2) is 8.88. The number of thiophene rings is 1. The smallest absolute Gasteiger partial charge is 0.341 e. The summed E-state index contributed by atoms with van der Waals surface area (Å²) in [7, 11) is 0. The summed E-state index contributed by atoms with van der Waals surface area (Å²) in [6, 6.07) is 7.82. The van der Waals surface area contributed by atoms with Crippen LogP contribution in [0, 0.1) is 0 Å². The number of rotatable bonds is 5. The summed E-state index contributed by atoms with van der Waals surface area (Å²) in [6.45, 7) is 4.05. The lowest BCUT2D eigenvalue weighted by Crippen LogP contribution is -2.18.